The number of hydrogen-bond donors (Lipinski definition) is 0. The van der Waals surface area contributed by atoms with E-state index in [1.807, 2.05) is 18.2 Å². The van der Waals surface area contributed by atoms with Gasteiger partial charge in [-0.1, -0.05) is 113 Å². The molecule has 0 atom stereocenters. The molecule has 11 rings (SSSR count). The summed E-state index contributed by atoms with van der Waals surface area (Å²) < 4.78 is 4.76. The number of para-hydroxylation sites is 3. The van der Waals surface area contributed by atoms with Gasteiger partial charge in [0.1, 0.15) is 0 Å². The van der Waals surface area contributed by atoms with Crippen LogP contribution in [0.15, 0.2) is 164 Å². The maximum absolute atomic E-state index is 5.19. The molecule has 0 radical (unpaired) electrons. The summed E-state index contributed by atoms with van der Waals surface area (Å²) in [6.45, 7) is 9.62. The van der Waals surface area contributed by atoms with E-state index < -0.39 is 0 Å². The van der Waals surface area contributed by atoms with Gasteiger partial charge >= 0.3 is 0 Å². The molecular weight excluding hydrogens is 707 g/mol. The van der Waals surface area contributed by atoms with Crippen molar-refractivity contribution in [3.8, 4) is 45.5 Å². The Kier molecular flexibility index (Phi) is 7.61. The van der Waals surface area contributed by atoms with Gasteiger partial charge in [-0.25, -0.2) is 15.0 Å². The summed E-state index contributed by atoms with van der Waals surface area (Å²) in [5.74, 6) is 1.93. The maximum atomic E-state index is 5.19. The van der Waals surface area contributed by atoms with Gasteiger partial charge in [-0.3, -0.25) is 0 Å². The Morgan fingerprint density at radius 1 is 0.362 bits per heavy atom. The summed E-state index contributed by atoms with van der Waals surface area (Å²) in [4.78, 5) is 15.4. The van der Waals surface area contributed by atoms with E-state index in [1.54, 1.807) is 0 Å². The second-order valence-electron chi connectivity index (χ2n) is 17.2. The molecule has 0 spiro atoms. The van der Waals surface area contributed by atoms with Crippen LogP contribution in [0.4, 0.5) is 0 Å². The molecule has 280 valence electrons. The number of nitrogens with zero attached hydrogens (tertiary/aromatic N) is 5. The van der Waals surface area contributed by atoms with Crippen LogP contribution in [-0.2, 0) is 10.8 Å². The molecule has 1 aliphatic carbocycles. The van der Waals surface area contributed by atoms with Crippen molar-refractivity contribution in [2.75, 3.05) is 0 Å². The second-order valence-corrected chi connectivity index (χ2v) is 17.2. The Hall–Kier alpha value is -6.85. The minimum atomic E-state index is 0.112. The molecule has 1 aliphatic rings. The zero-order chi connectivity index (χ0) is 39.2. The zero-order valence-corrected chi connectivity index (χ0v) is 33.2. The lowest BCUT2D eigenvalue weighted by Gasteiger charge is -2.42. The van der Waals surface area contributed by atoms with Crippen molar-refractivity contribution in [2.45, 2.75) is 51.4 Å². The Morgan fingerprint density at radius 2 is 0.793 bits per heavy atom. The van der Waals surface area contributed by atoms with Gasteiger partial charge in [-0.2, -0.15) is 0 Å². The maximum Gasteiger partial charge on any atom is 0.164 e. The normalized spacial score (nSPS) is 14.7. The van der Waals surface area contributed by atoms with Gasteiger partial charge in [0.05, 0.1) is 22.1 Å². The molecule has 58 heavy (non-hydrogen) atoms. The molecule has 0 bridgehead atoms. The number of benzene rings is 7. The van der Waals surface area contributed by atoms with Crippen LogP contribution in [-0.4, -0.2) is 24.1 Å². The molecule has 5 heteroatoms. The van der Waals surface area contributed by atoms with Crippen molar-refractivity contribution in [1.29, 1.82) is 0 Å². The van der Waals surface area contributed by atoms with E-state index in [0.29, 0.717) is 17.5 Å². The fourth-order valence-corrected chi connectivity index (χ4v) is 9.38. The Balaban J connectivity index is 1.06. The van der Waals surface area contributed by atoms with Crippen LogP contribution in [0.25, 0.3) is 89.2 Å². The van der Waals surface area contributed by atoms with Gasteiger partial charge in [0, 0.05) is 49.6 Å². The molecule has 0 saturated heterocycles. The molecule has 0 fully saturated rings. The second kappa shape index (κ2) is 12.8. The fourth-order valence-electron chi connectivity index (χ4n) is 9.38. The standard InChI is InChI=1S/C53H43N5/c1-52(2)29-30-53(3,4)44-33-48-42(32-43(44)52)40-20-12-14-22-46(40)58(48)38-26-23-35(24-27-38)50-54-49(34-15-7-5-8-16-34)55-51(56-50)36-25-28-47-41(31-36)39-19-11-13-21-45(39)57(47)37-17-9-6-10-18-37/h5-28,31-33H,29-30H2,1-4H3. The van der Waals surface area contributed by atoms with E-state index in [-0.39, 0.29) is 10.8 Å². The SMILES string of the molecule is CC1(C)CCC(C)(C)c2cc3c(cc21)c1ccccc1n3-c1ccc(-c2nc(-c3ccccc3)nc(-c3ccc4c(c3)c3ccccc3n4-c3ccccc3)n2)cc1. The Bertz CT molecular complexity index is 3210. The average Bonchev–Trinajstić information content (AvgIpc) is 3.77. The Morgan fingerprint density at radius 3 is 1.41 bits per heavy atom. The largest absolute Gasteiger partial charge is 0.309 e. The summed E-state index contributed by atoms with van der Waals surface area (Å²) in [5.41, 5.74) is 13.0. The summed E-state index contributed by atoms with van der Waals surface area (Å²) in [7, 11) is 0. The van der Waals surface area contributed by atoms with Crippen LogP contribution >= 0.6 is 0 Å². The first-order valence-corrected chi connectivity index (χ1v) is 20.3. The van der Waals surface area contributed by atoms with Crippen LogP contribution in [0.2, 0.25) is 0 Å². The van der Waals surface area contributed by atoms with Crippen LogP contribution < -0.4 is 0 Å². The molecule has 0 amide bonds. The highest BCUT2D eigenvalue weighted by atomic mass is 15.0. The van der Waals surface area contributed by atoms with Crippen LogP contribution in [0.3, 0.4) is 0 Å². The lowest BCUT2D eigenvalue weighted by molar-refractivity contribution is 0.332. The van der Waals surface area contributed by atoms with Gasteiger partial charge in [-0.05, 0) is 114 Å². The van der Waals surface area contributed by atoms with E-state index in [9.17, 15) is 0 Å². The molecule has 0 unspecified atom stereocenters. The molecule has 7 aromatic carbocycles. The van der Waals surface area contributed by atoms with Crippen LogP contribution in [0.1, 0.15) is 51.7 Å². The van der Waals surface area contributed by atoms with Gasteiger partial charge in [-0.15, -0.1) is 0 Å². The molecule has 3 aromatic heterocycles. The van der Waals surface area contributed by atoms with Crippen LogP contribution in [0, 0.1) is 0 Å². The molecule has 5 nitrogen and oxygen atoms in total. The zero-order valence-electron chi connectivity index (χ0n) is 33.2. The Labute approximate surface area is 338 Å². The third-order valence-corrected chi connectivity index (χ3v) is 12.6. The number of aromatic nitrogens is 5. The minimum Gasteiger partial charge on any atom is -0.309 e. The lowest BCUT2D eigenvalue weighted by Crippen LogP contribution is -2.33. The van der Waals surface area contributed by atoms with E-state index in [0.717, 1.165) is 44.5 Å². The van der Waals surface area contributed by atoms with E-state index in [4.69, 9.17) is 15.0 Å². The van der Waals surface area contributed by atoms with E-state index in [2.05, 4.69) is 182 Å². The predicted octanol–water partition coefficient (Wildman–Crippen LogP) is 13.4. The third-order valence-electron chi connectivity index (χ3n) is 12.6. The molecule has 0 N–H and O–H groups in total. The van der Waals surface area contributed by atoms with Gasteiger partial charge < -0.3 is 9.13 Å². The molecule has 0 aliphatic heterocycles. The predicted molar refractivity (Wildman–Crippen MR) is 240 cm³/mol. The first kappa shape index (κ1) is 34.4. The van der Waals surface area contributed by atoms with Crippen molar-refractivity contribution < 1.29 is 0 Å². The highest BCUT2D eigenvalue weighted by Gasteiger charge is 2.38. The van der Waals surface area contributed by atoms with Crippen molar-refractivity contribution in [3.63, 3.8) is 0 Å². The highest BCUT2D eigenvalue weighted by Crippen LogP contribution is 2.48. The van der Waals surface area contributed by atoms with Gasteiger partial charge in [0.25, 0.3) is 0 Å². The van der Waals surface area contributed by atoms with Crippen molar-refractivity contribution in [1.82, 2.24) is 24.1 Å². The topological polar surface area (TPSA) is 48.5 Å². The smallest absolute Gasteiger partial charge is 0.164 e. The van der Waals surface area contributed by atoms with Crippen LogP contribution in [0.5, 0.6) is 0 Å². The quantitative estimate of drug-likeness (QED) is 0.176. The summed E-state index contributed by atoms with van der Waals surface area (Å²) >= 11 is 0. The molecule has 0 saturated carbocycles. The molecule has 10 aromatic rings. The summed E-state index contributed by atoms with van der Waals surface area (Å²) in [5, 5.41) is 4.93. The van der Waals surface area contributed by atoms with Gasteiger partial charge in [0.2, 0.25) is 0 Å². The first-order chi connectivity index (χ1) is 28.2. The number of fused-ring (bicyclic) bond motifs is 7. The van der Waals surface area contributed by atoms with Crippen molar-refractivity contribution >= 4 is 43.6 Å². The highest BCUT2D eigenvalue weighted by molar-refractivity contribution is 6.11. The lowest BCUT2D eigenvalue weighted by atomic mass is 9.63. The number of rotatable bonds is 5. The van der Waals surface area contributed by atoms with Crippen molar-refractivity contribution in [3.05, 3.63) is 175 Å². The fraction of sp³-hybridized carbons (Fsp3) is 0.151. The molecule has 3 heterocycles. The third kappa shape index (κ3) is 5.41. The van der Waals surface area contributed by atoms with E-state index in [1.165, 1.54) is 51.2 Å². The first-order valence-electron chi connectivity index (χ1n) is 20.3. The monoisotopic (exact) mass is 749 g/mol. The van der Waals surface area contributed by atoms with Gasteiger partial charge in [0.15, 0.2) is 17.5 Å². The minimum absolute atomic E-state index is 0.112. The van der Waals surface area contributed by atoms with Crippen molar-refractivity contribution in [2.24, 2.45) is 0 Å². The molecular formula is C53H43N5. The number of hydrogen-bond acceptors (Lipinski definition) is 3. The summed E-state index contributed by atoms with van der Waals surface area (Å²) in [6, 6.07) is 58.5. The summed E-state index contributed by atoms with van der Waals surface area (Å²) in [6.07, 6.45) is 2.37. The average molecular weight is 750 g/mol. The van der Waals surface area contributed by atoms with E-state index >= 15 is 0 Å².